The number of sulfone groups is 1. The van der Waals surface area contributed by atoms with Crippen LogP contribution in [0.4, 0.5) is 0 Å². The fourth-order valence-corrected chi connectivity index (χ4v) is 3.58. The molecule has 4 nitrogen and oxygen atoms in total. The molecule has 0 aliphatic rings. The van der Waals surface area contributed by atoms with Crippen LogP contribution < -0.4 is 5.32 Å². The van der Waals surface area contributed by atoms with Gasteiger partial charge in [0.05, 0.1) is 18.1 Å². The molecule has 1 aromatic carbocycles. The average molecular weight is 299 g/mol. The molecule has 0 saturated carbocycles. The van der Waals surface area contributed by atoms with Gasteiger partial charge in [0.1, 0.15) is 0 Å². The first-order valence-electron chi connectivity index (χ1n) is 6.89. The summed E-state index contributed by atoms with van der Waals surface area (Å²) in [6, 6.07) is 5.98. The van der Waals surface area contributed by atoms with Crippen LogP contribution in [0.3, 0.4) is 0 Å². The van der Waals surface area contributed by atoms with Gasteiger partial charge < -0.3 is 10.1 Å². The van der Waals surface area contributed by atoms with Gasteiger partial charge in [-0.15, -0.1) is 0 Å². The molecule has 0 amide bonds. The van der Waals surface area contributed by atoms with Crippen molar-refractivity contribution in [1.82, 2.24) is 5.32 Å². The Morgan fingerprint density at radius 1 is 1.30 bits per heavy atom. The third-order valence-electron chi connectivity index (χ3n) is 3.28. The first-order chi connectivity index (χ1) is 9.39. The predicted octanol–water partition coefficient (Wildman–Crippen LogP) is 2.02. The maximum atomic E-state index is 12.1. The lowest BCUT2D eigenvalue weighted by atomic mass is 10.00. The molecule has 0 saturated heterocycles. The van der Waals surface area contributed by atoms with E-state index in [0.29, 0.717) is 0 Å². The molecule has 0 radical (unpaired) electrons. The molecule has 1 aromatic rings. The van der Waals surface area contributed by atoms with Crippen molar-refractivity contribution in [1.29, 1.82) is 0 Å². The molecule has 0 aliphatic carbocycles. The van der Waals surface area contributed by atoms with Crippen LogP contribution in [0.2, 0.25) is 0 Å². The van der Waals surface area contributed by atoms with Crippen molar-refractivity contribution in [2.45, 2.75) is 26.8 Å². The number of methoxy groups -OCH3 is 1. The Bertz CT molecular complexity index is 526. The highest BCUT2D eigenvalue weighted by atomic mass is 32.2. The van der Waals surface area contributed by atoms with Crippen molar-refractivity contribution in [3.05, 3.63) is 34.9 Å². The minimum atomic E-state index is -3.13. The SMILES string of the molecule is CCNC(CS(=O)(=O)CCOC)c1cc(C)ccc1C. The zero-order valence-electron chi connectivity index (χ0n) is 12.8. The van der Waals surface area contributed by atoms with Gasteiger partial charge in [-0.25, -0.2) is 8.42 Å². The second-order valence-electron chi connectivity index (χ2n) is 5.08. The summed E-state index contributed by atoms with van der Waals surface area (Å²) in [5.41, 5.74) is 3.32. The largest absolute Gasteiger partial charge is 0.384 e. The standard InChI is InChI=1S/C15H25NO3S/c1-5-16-15(11-20(17,18)9-8-19-4)14-10-12(2)6-7-13(14)3/h6-7,10,15-16H,5,8-9,11H2,1-4H3. The van der Waals surface area contributed by atoms with Crippen LogP contribution in [-0.2, 0) is 14.6 Å². The van der Waals surface area contributed by atoms with Crippen molar-refractivity contribution in [3.63, 3.8) is 0 Å². The van der Waals surface area contributed by atoms with Gasteiger partial charge in [0, 0.05) is 13.2 Å². The number of aryl methyl sites for hydroxylation is 2. The van der Waals surface area contributed by atoms with E-state index in [1.54, 1.807) is 0 Å². The maximum Gasteiger partial charge on any atom is 0.154 e. The van der Waals surface area contributed by atoms with Crippen LogP contribution in [0.25, 0.3) is 0 Å². The number of ether oxygens (including phenoxy) is 1. The van der Waals surface area contributed by atoms with Crippen molar-refractivity contribution in [2.75, 3.05) is 31.8 Å². The fourth-order valence-electron chi connectivity index (χ4n) is 2.19. The Kier molecular flexibility index (Phi) is 6.65. The zero-order chi connectivity index (χ0) is 15.2. The van der Waals surface area contributed by atoms with E-state index in [2.05, 4.69) is 11.4 Å². The number of benzene rings is 1. The number of hydrogen-bond donors (Lipinski definition) is 1. The summed E-state index contributed by atoms with van der Waals surface area (Å²) >= 11 is 0. The van der Waals surface area contributed by atoms with Crippen LogP contribution in [-0.4, -0.2) is 40.2 Å². The van der Waals surface area contributed by atoms with Crippen LogP contribution >= 0.6 is 0 Å². The molecule has 1 unspecified atom stereocenters. The van der Waals surface area contributed by atoms with Crippen LogP contribution in [0, 0.1) is 13.8 Å². The van der Waals surface area contributed by atoms with E-state index in [-0.39, 0.29) is 24.2 Å². The third kappa shape index (κ3) is 5.23. The van der Waals surface area contributed by atoms with E-state index in [1.807, 2.05) is 32.9 Å². The fraction of sp³-hybridized carbons (Fsp3) is 0.600. The van der Waals surface area contributed by atoms with Gasteiger partial charge >= 0.3 is 0 Å². The number of nitrogens with one attached hydrogen (secondary N) is 1. The second kappa shape index (κ2) is 7.76. The number of hydrogen-bond acceptors (Lipinski definition) is 4. The molecular formula is C15H25NO3S. The lowest BCUT2D eigenvalue weighted by Gasteiger charge is -2.21. The van der Waals surface area contributed by atoms with Gasteiger partial charge in [-0.2, -0.15) is 0 Å². The zero-order valence-corrected chi connectivity index (χ0v) is 13.6. The van der Waals surface area contributed by atoms with Crippen LogP contribution in [0.5, 0.6) is 0 Å². The third-order valence-corrected chi connectivity index (χ3v) is 4.91. The van der Waals surface area contributed by atoms with Crippen molar-refractivity contribution in [2.24, 2.45) is 0 Å². The van der Waals surface area contributed by atoms with E-state index < -0.39 is 9.84 Å². The summed E-state index contributed by atoms with van der Waals surface area (Å²) in [5.74, 6) is 0.171. The van der Waals surface area contributed by atoms with Gasteiger partial charge in [-0.1, -0.05) is 30.7 Å². The first kappa shape index (κ1) is 17.1. The lowest BCUT2D eigenvalue weighted by Crippen LogP contribution is -2.30. The van der Waals surface area contributed by atoms with E-state index in [1.165, 1.54) is 7.11 Å². The normalized spacial score (nSPS) is 13.4. The molecule has 0 heterocycles. The van der Waals surface area contributed by atoms with E-state index >= 15 is 0 Å². The Balaban J connectivity index is 2.97. The van der Waals surface area contributed by atoms with Gasteiger partial charge in [-0.05, 0) is 31.5 Å². The predicted molar refractivity (Wildman–Crippen MR) is 82.9 cm³/mol. The minimum Gasteiger partial charge on any atom is -0.384 e. The van der Waals surface area contributed by atoms with Gasteiger partial charge in [0.2, 0.25) is 0 Å². The van der Waals surface area contributed by atoms with Gasteiger partial charge in [0.25, 0.3) is 0 Å². The van der Waals surface area contributed by atoms with E-state index in [9.17, 15) is 8.42 Å². The molecule has 114 valence electrons. The van der Waals surface area contributed by atoms with Gasteiger partial charge in [-0.3, -0.25) is 0 Å². The molecular weight excluding hydrogens is 274 g/mol. The lowest BCUT2D eigenvalue weighted by molar-refractivity contribution is 0.217. The summed E-state index contributed by atoms with van der Waals surface area (Å²) in [6.45, 7) is 7.00. The Morgan fingerprint density at radius 2 is 2.00 bits per heavy atom. The molecule has 1 N–H and O–H groups in total. The molecule has 0 aliphatic heterocycles. The molecule has 0 aromatic heterocycles. The maximum absolute atomic E-state index is 12.1. The van der Waals surface area contributed by atoms with Crippen molar-refractivity contribution < 1.29 is 13.2 Å². The Morgan fingerprint density at radius 3 is 2.60 bits per heavy atom. The first-order valence-corrected chi connectivity index (χ1v) is 8.71. The van der Waals surface area contributed by atoms with Crippen molar-refractivity contribution >= 4 is 9.84 Å². The molecule has 0 fully saturated rings. The molecule has 0 spiro atoms. The van der Waals surface area contributed by atoms with Crippen LogP contribution in [0.1, 0.15) is 29.7 Å². The Labute approximate surface area is 122 Å². The van der Waals surface area contributed by atoms with E-state index in [4.69, 9.17) is 4.74 Å². The van der Waals surface area contributed by atoms with Crippen LogP contribution in [0.15, 0.2) is 18.2 Å². The summed E-state index contributed by atoms with van der Waals surface area (Å²) < 4.78 is 29.1. The summed E-state index contributed by atoms with van der Waals surface area (Å²) in [6.07, 6.45) is 0. The second-order valence-corrected chi connectivity index (χ2v) is 7.31. The Hall–Kier alpha value is -0.910. The highest BCUT2D eigenvalue weighted by Gasteiger charge is 2.21. The van der Waals surface area contributed by atoms with E-state index in [0.717, 1.165) is 23.2 Å². The number of rotatable bonds is 8. The monoisotopic (exact) mass is 299 g/mol. The molecule has 1 atom stereocenters. The quantitative estimate of drug-likeness (QED) is 0.798. The topological polar surface area (TPSA) is 55.4 Å². The van der Waals surface area contributed by atoms with Crippen molar-refractivity contribution in [3.8, 4) is 0 Å². The average Bonchev–Trinajstić information content (AvgIpc) is 2.38. The molecule has 1 rings (SSSR count). The summed E-state index contributed by atoms with van der Waals surface area (Å²) in [5, 5.41) is 3.28. The smallest absolute Gasteiger partial charge is 0.154 e. The highest BCUT2D eigenvalue weighted by Crippen LogP contribution is 2.21. The highest BCUT2D eigenvalue weighted by molar-refractivity contribution is 7.91. The summed E-state index contributed by atoms with van der Waals surface area (Å²) in [7, 11) is -1.61. The van der Waals surface area contributed by atoms with Gasteiger partial charge in [0.15, 0.2) is 9.84 Å². The summed E-state index contributed by atoms with van der Waals surface area (Å²) in [4.78, 5) is 0. The molecule has 20 heavy (non-hydrogen) atoms. The minimum absolute atomic E-state index is 0.0657. The molecule has 5 heteroatoms. The molecule has 0 bridgehead atoms.